The second kappa shape index (κ2) is 8.04. The molecule has 0 aliphatic rings. The van der Waals surface area contributed by atoms with Gasteiger partial charge in [0.1, 0.15) is 5.75 Å². The first kappa shape index (κ1) is 23.2. The fraction of sp³-hybridized carbons (Fsp3) is 0.364. The van der Waals surface area contributed by atoms with Crippen LogP contribution in [0.2, 0.25) is 0 Å². The summed E-state index contributed by atoms with van der Waals surface area (Å²) in [6.45, 7) is 1.33. The molecule has 0 aliphatic heterocycles. The van der Waals surface area contributed by atoms with Crippen LogP contribution in [0.3, 0.4) is 0 Å². The van der Waals surface area contributed by atoms with E-state index in [2.05, 4.69) is 8.91 Å². The molecule has 0 spiro atoms. The summed E-state index contributed by atoms with van der Waals surface area (Å²) in [4.78, 5) is 11.6. The number of sulfonamides is 1. The molecule has 24 heavy (non-hydrogen) atoms. The summed E-state index contributed by atoms with van der Waals surface area (Å²) in [7, 11) is -9.67. The van der Waals surface area contributed by atoms with Crippen LogP contribution in [-0.2, 0) is 24.9 Å². The van der Waals surface area contributed by atoms with E-state index in [1.807, 2.05) is 0 Å². The normalized spacial score (nSPS) is 13.5. The number of halogens is 3. The molecular weight excluding hydrogens is 386 g/mol. The van der Waals surface area contributed by atoms with E-state index in [0.717, 1.165) is 30.5 Å². The molecule has 1 aromatic carbocycles. The van der Waals surface area contributed by atoms with E-state index >= 15 is 0 Å². The number of amides is 1. The Bertz CT molecular complexity index is 790. The van der Waals surface area contributed by atoms with Gasteiger partial charge in [-0.25, -0.2) is 8.42 Å². The molecule has 0 heterocycles. The van der Waals surface area contributed by atoms with Crippen LogP contribution in [0.5, 0.6) is 5.75 Å². The van der Waals surface area contributed by atoms with Crippen molar-refractivity contribution in [3.8, 4) is 5.75 Å². The minimum absolute atomic E-state index is 0. The molecule has 0 radical (unpaired) electrons. The molecule has 0 fully saturated rings. The summed E-state index contributed by atoms with van der Waals surface area (Å²) >= 11 is 0. The zero-order chi connectivity index (χ0) is 18.1. The number of nitrogens with zero attached hydrogens (tertiary/aromatic N) is 1. The van der Waals surface area contributed by atoms with Gasteiger partial charge in [-0.05, 0) is 17.7 Å². The van der Waals surface area contributed by atoms with Crippen molar-refractivity contribution in [2.45, 2.75) is 18.3 Å². The van der Waals surface area contributed by atoms with Crippen molar-refractivity contribution in [1.82, 2.24) is 0 Å². The largest absolute Gasteiger partial charge is 1.00 e. The molecule has 7 nitrogen and oxygen atoms in total. The molecule has 0 aromatic heterocycles. The van der Waals surface area contributed by atoms with Gasteiger partial charge in [0.2, 0.25) is 0 Å². The van der Waals surface area contributed by atoms with Crippen molar-refractivity contribution in [3.05, 3.63) is 34.6 Å². The van der Waals surface area contributed by atoms with Crippen molar-refractivity contribution in [2.75, 3.05) is 6.26 Å². The van der Waals surface area contributed by atoms with Crippen LogP contribution in [0, 0.1) is 0 Å². The number of hydrogen-bond acceptors (Lipinski definition) is 6. The Morgan fingerprint density at radius 1 is 1.12 bits per heavy atom. The zero-order valence-corrected chi connectivity index (χ0v) is 16.4. The molecule has 0 N–H and O–H groups in total. The molecule has 1 amide bonds. The van der Waals surface area contributed by atoms with Crippen LogP contribution in [0.25, 0.3) is 4.72 Å². The third kappa shape index (κ3) is 6.59. The number of benzene rings is 1. The van der Waals surface area contributed by atoms with Crippen molar-refractivity contribution < 1.29 is 68.5 Å². The predicted molar refractivity (Wildman–Crippen MR) is 73.7 cm³/mol. The van der Waals surface area contributed by atoms with Gasteiger partial charge in [0, 0.05) is 12.2 Å². The Balaban J connectivity index is 0.00000529. The van der Waals surface area contributed by atoms with E-state index in [-0.39, 0.29) is 35.1 Å². The van der Waals surface area contributed by atoms with Gasteiger partial charge in [-0.15, -0.1) is 0 Å². The van der Waals surface area contributed by atoms with Crippen LogP contribution in [0.4, 0.5) is 13.2 Å². The van der Waals surface area contributed by atoms with E-state index < -0.39 is 43.2 Å². The molecule has 1 aromatic rings. The summed E-state index contributed by atoms with van der Waals surface area (Å²) in [5.41, 5.74) is -5.34. The van der Waals surface area contributed by atoms with E-state index in [1.165, 1.54) is 6.92 Å². The second-order valence-corrected chi connectivity index (χ2v) is 7.62. The van der Waals surface area contributed by atoms with Crippen LogP contribution in [0.1, 0.15) is 18.4 Å². The summed E-state index contributed by atoms with van der Waals surface area (Å²) in [5, 5.41) is 0. The summed E-state index contributed by atoms with van der Waals surface area (Å²) in [6.07, 6.45) is 0.733. The molecule has 1 unspecified atom stereocenters. The maximum Gasteiger partial charge on any atom is 1.00 e. The third-order valence-electron chi connectivity index (χ3n) is 2.50. The smallest absolute Gasteiger partial charge is 0.546 e. The van der Waals surface area contributed by atoms with Gasteiger partial charge in [0.05, 0.1) is 15.9 Å². The van der Waals surface area contributed by atoms with Gasteiger partial charge < -0.3 is 13.7 Å². The molecule has 13 heteroatoms. The fourth-order valence-corrected chi connectivity index (χ4v) is 2.31. The van der Waals surface area contributed by atoms with Gasteiger partial charge in [0.15, 0.2) is 0 Å². The first-order valence-corrected chi connectivity index (χ1v) is 9.06. The minimum atomic E-state index is -5.79. The monoisotopic (exact) mass is 397 g/mol. The Kier molecular flexibility index (Phi) is 7.76. The first-order valence-electron chi connectivity index (χ1n) is 5.80. The van der Waals surface area contributed by atoms with Crippen LogP contribution < -0.4 is 33.7 Å². The van der Waals surface area contributed by atoms with Crippen LogP contribution >= 0.6 is 0 Å². The van der Waals surface area contributed by atoms with Gasteiger partial charge in [-0.1, -0.05) is 19.1 Å². The third-order valence-corrected chi connectivity index (χ3v) is 3.99. The van der Waals surface area contributed by atoms with Gasteiger partial charge in [0.25, 0.3) is 0 Å². The minimum Gasteiger partial charge on any atom is -0.546 e. The van der Waals surface area contributed by atoms with Crippen molar-refractivity contribution in [2.24, 2.45) is 0 Å². The summed E-state index contributed by atoms with van der Waals surface area (Å²) in [6, 6.07) is 4.06. The average molecular weight is 397 g/mol. The molecule has 0 saturated carbocycles. The molecule has 1 rings (SSSR count). The SMILES string of the molecule is CC(C(=O)[N-]S(C)(=O)=O)c1ccc(OS(=O)(=O)C(F)(F)F)cc1.[Na+]. The summed E-state index contributed by atoms with van der Waals surface area (Å²) in [5.74, 6) is -2.56. The van der Waals surface area contributed by atoms with E-state index in [9.17, 15) is 34.8 Å². The maximum atomic E-state index is 12.2. The Labute approximate surface area is 159 Å². The van der Waals surface area contributed by atoms with Crippen LogP contribution in [0.15, 0.2) is 24.3 Å². The Hall–Kier alpha value is -0.820. The topological polar surface area (TPSA) is 109 Å². The fourth-order valence-electron chi connectivity index (χ4n) is 1.37. The molecule has 0 aliphatic carbocycles. The molecule has 1 atom stereocenters. The summed E-state index contributed by atoms with van der Waals surface area (Å²) < 4.78 is 86.8. The molecular formula is C11H11F3NNaO6S2. The standard InChI is InChI=1S/C11H12F3NO6S2.Na/c1-7(10(16)15-22(2,17)18)8-3-5-9(6-4-8)21-23(19,20)11(12,13)14;/h3-7H,1-2H3,(H,15,16);/q;+1/p-1. The maximum absolute atomic E-state index is 12.2. The predicted octanol–water partition coefficient (Wildman–Crippen LogP) is -1.12. The Morgan fingerprint density at radius 2 is 1.58 bits per heavy atom. The first-order chi connectivity index (χ1) is 10.2. The molecule has 0 bridgehead atoms. The van der Waals surface area contributed by atoms with Gasteiger partial charge in [-0.3, -0.25) is 0 Å². The van der Waals surface area contributed by atoms with E-state index in [1.54, 1.807) is 0 Å². The Morgan fingerprint density at radius 3 is 1.96 bits per heavy atom. The number of alkyl halides is 3. The van der Waals surface area contributed by atoms with Crippen molar-refractivity contribution in [3.63, 3.8) is 0 Å². The second-order valence-electron chi connectivity index (χ2n) is 4.44. The van der Waals surface area contributed by atoms with Crippen molar-refractivity contribution >= 4 is 26.0 Å². The number of carbonyl (C=O) groups excluding carboxylic acids is 1. The quantitative estimate of drug-likeness (QED) is 0.354. The van der Waals surface area contributed by atoms with E-state index in [0.29, 0.717) is 0 Å². The number of rotatable bonds is 5. The van der Waals surface area contributed by atoms with Gasteiger partial charge in [-0.2, -0.15) is 21.6 Å². The number of hydrogen-bond donors (Lipinski definition) is 0. The number of carbonyl (C=O) groups is 1. The van der Waals surface area contributed by atoms with E-state index in [4.69, 9.17) is 0 Å². The molecule has 0 saturated heterocycles. The average Bonchev–Trinajstić information content (AvgIpc) is 2.35. The van der Waals surface area contributed by atoms with Crippen molar-refractivity contribution in [1.29, 1.82) is 0 Å². The van der Waals surface area contributed by atoms with Gasteiger partial charge >= 0.3 is 45.2 Å². The molecule has 130 valence electrons. The van der Waals surface area contributed by atoms with Crippen LogP contribution in [-0.4, -0.2) is 34.5 Å². The zero-order valence-electron chi connectivity index (χ0n) is 12.7.